The van der Waals surface area contributed by atoms with Crippen molar-refractivity contribution in [3.8, 4) is 11.3 Å². The van der Waals surface area contributed by atoms with Gasteiger partial charge in [0.05, 0.1) is 19.7 Å². The van der Waals surface area contributed by atoms with Gasteiger partial charge in [-0.25, -0.2) is 4.98 Å². The number of oxazole rings is 1. The predicted octanol–water partition coefficient (Wildman–Crippen LogP) is 3.77. The molecule has 31 heavy (non-hydrogen) atoms. The molecule has 2 fully saturated rings. The fourth-order valence-electron chi connectivity index (χ4n) is 4.66. The van der Waals surface area contributed by atoms with E-state index in [-0.39, 0.29) is 11.5 Å². The van der Waals surface area contributed by atoms with Gasteiger partial charge >= 0.3 is 0 Å². The maximum absolute atomic E-state index is 13.1. The number of carbonyl (C=O) groups excluding carboxylic acids is 1. The molecule has 0 radical (unpaired) electrons. The van der Waals surface area contributed by atoms with Crippen molar-refractivity contribution in [3.63, 3.8) is 0 Å². The molecule has 2 saturated heterocycles. The van der Waals surface area contributed by atoms with E-state index in [0.717, 1.165) is 24.1 Å². The third-order valence-electron chi connectivity index (χ3n) is 6.38. The minimum Gasteiger partial charge on any atom is -0.443 e. The number of likely N-dealkylation sites (tertiary alicyclic amines) is 1. The molecule has 3 aromatic rings. The van der Waals surface area contributed by atoms with Crippen LogP contribution in [0.3, 0.4) is 0 Å². The van der Waals surface area contributed by atoms with Crippen LogP contribution in [0.4, 0.5) is 0 Å². The van der Waals surface area contributed by atoms with Crippen LogP contribution in [0.25, 0.3) is 11.3 Å². The second-order valence-electron chi connectivity index (χ2n) is 8.81. The Morgan fingerprint density at radius 2 is 2.00 bits per heavy atom. The van der Waals surface area contributed by atoms with Gasteiger partial charge in [0, 0.05) is 18.2 Å². The summed E-state index contributed by atoms with van der Waals surface area (Å²) in [5.41, 5.74) is 3.41. The summed E-state index contributed by atoms with van der Waals surface area (Å²) < 4.78 is 11.8. The minimum absolute atomic E-state index is 0.0967. The predicted molar refractivity (Wildman–Crippen MR) is 118 cm³/mol. The first-order valence-electron chi connectivity index (χ1n) is 10.7. The van der Waals surface area contributed by atoms with Crippen LogP contribution in [0, 0.1) is 6.92 Å². The number of rotatable bonds is 5. The lowest BCUT2D eigenvalue weighted by Gasteiger charge is -2.47. The summed E-state index contributed by atoms with van der Waals surface area (Å²) in [7, 11) is 2.14. The lowest BCUT2D eigenvalue weighted by Crippen LogP contribution is -2.63. The van der Waals surface area contributed by atoms with Crippen LogP contribution in [0.1, 0.15) is 28.0 Å². The normalized spacial score (nSPS) is 19.7. The van der Waals surface area contributed by atoms with E-state index in [0.29, 0.717) is 37.2 Å². The number of nitrogens with zero attached hydrogens (tertiary/aromatic N) is 3. The second-order valence-corrected chi connectivity index (χ2v) is 8.81. The highest BCUT2D eigenvalue weighted by Gasteiger charge is 2.52. The molecule has 0 saturated carbocycles. The van der Waals surface area contributed by atoms with E-state index in [9.17, 15) is 4.79 Å². The maximum Gasteiger partial charge on any atom is 0.276 e. The zero-order chi connectivity index (χ0) is 21.4. The van der Waals surface area contributed by atoms with Gasteiger partial charge in [0.15, 0.2) is 17.8 Å². The Bertz CT molecular complexity index is 1070. The first-order chi connectivity index (χ1) is 15.0. The lowest BCUT2D eigenvalue weighted by atomic mass is 9.88. The molecule has 2 aromatic carbocycles. The smallest absolute Gasteiger partial charge is 0.276 e. The largest absolute Gasteiger partial charge is 0.443 e. The average Bonchev–Trinajstić information content (AvgIpc) is 3.41. The number of hydrogen-bond acceptors (Lipinski definition) is 5. The van der Waals surface area contributed by atoms with Gasteiger partial charge in [0.1, 0.15) is 5.60 Å². The summed E-state index contributed by atoms with van der Waals surface area (Å²) >= 11 is 0. The van der Waals surface area contributed by atoms with Crippen molar-refractivity contribution in [2.45, 2.75) is 31.5 Å². The molecule has 5 rings (SSSR count). The molecule has 6 heteroatoms. The molecule has 6 nitrogen and oxygen atoms in total. The number of hydrogen-bond donors (Lipinski definition) is 0. The Morgan fingerprint density at radius 3 is 2.77 bits per heavy atom. The Labute approximate surface area is 182 Å². The van der Waals surface area contributed by atoms with Gasteiger partial charge in [-0.15, -0.1) is 0 Å². The number of aromatic nitrogens is 1. The quantitative estimate of drug-likeness (QED) is 0.633. The van der Waals surface area contributed by atoms with Crippen molar-refractivity contribution in [1.29, 1.82) is 0 Å². The standard InChI is InChI=1S/C25H27N3O3/c1-18-7-6-10-20(11-18)23-22(26-17-30-23)24(29)28-15-25(16-28)12-21(14-31-25)27(2)13-19-8-4-3-5-9-19/h3-11,17,21H,12-16H2,1-2H3. The van der Waals surface area contributed by atoms with Crippen molar-refractivity contribution in [2.24, 2.45) is 0 Å². The molecule has 1 unspecified atom stereocenters. The molecule has 1 spiro atoms. The van der Waals surface area contributed by atoms with E-state index in [4.69, 9.17) is 9.15 Å². The summed E-state index contributed by atoms with van der Waals surface area (Å²) in [6.07, 6.45) is 2.28. The van der Waals surface area contributed by atoms with Crippen molar-refractivity contribution in [3.05, 3.63) is 77.8 Å². The molecule has 1 amide bonds. The van der Waals surface area contributed by atoms with Crippen LogP contribution in [-0.2, 0) is 11.3 Å². The van der Waals surface area contributed by atoms with Crippen LogP contribution in [0.15, 0.2) is 65.4 Å². The molecule has 0 aliphatic carbocycles. The number of aryl methyl sites for hydroxylation is 1. The summed E-state index contributed by atoms with van der Waals surface area (Å²) in [5, 5.41) is 0. The van der Waals surface area contributed by atoms with E-state index < -0.39 is 0 Å². The summed E-state index contributed by atoms with van der Waals surface area (Å²) in [5.74, 6) is 0.433. The topological polar surface area (TPSA) is 58.8 Å². The minimum atomic E-state index is -0.238. The van der Waals surface area contributed by atoms with Crippen molar-refractivity contribution >= 4 is 5.91 Å². The summed E-state index contributed by atoms with van der Waals surface area (Å²) in [6, 6.07) is 18.7. The van der Waals surface area contributed by atoms with E-state index in [1.807, 2.05) is 42.2 Å². The number of likely N-dealkylation sites (N-methyl/N-ethyl adjacent to an activating group) is 1. The van der Waals surface area contributed by atoms with Crippen molar-refractivity contribution in [1.82, 2.24) is 14.8 Å². The summed E-state index contributed by atoms with van der Waals surface area (Å²) in [6.45, 7) is 4.81. The zero-order valence-corrected chi connectivity index (χ0v) is 18.0. The highest BCUT2D eigenvalue weighted by atomic mass is 16.5. The van der Waals surface area contributed by atoms with Gasteiger partial charge in [-0.2, -0.15) is 0 Å². The van der Waals surface area contributed by atoms with Gasteiger partial charge in [0.25, 0.3) is 5.91 Å². The van der Waals surface area contributed by atoms with Gasteiger partial charge in [-0.05, 0) is 32.0 Å². The first kappa shape index (κ1) is 20.0. The number of carbonyl (C=O) groups is 1. The SMILES string of the molecule is Cc1cccc(-c2ocnc2C(=O)N2CC3(CC(N(C)Cc4ccccc4)CO3)C2)c1. The molecule has 2 aliphatic heterocycles. The zero-order valence-electron chi connectivity index (χ0n) is 18.0. The van der Waals surface area contributed by atoms with E-state index in [1.54, 1.807) is 0 Å². The molecular weight excluding hydrogens is 390 g/mol. The Balaban J connectivity index is 1.22. The maximum atomic E-state index is 13.1. The third kappa shape index (κ3) is 3.89. The number of benzene rings is 2. The molecule has 0 N–H and O–H groups in total. The van der Waals surface area contributed by atoms with E-state index >= 15 is 0 Å². The molecule has 160 valence electrons. The number of ether oxygens (including phenoxy) is 1. The highest BCUT2D eigenvalue weighted by molar-refractivity contribution is 5.98. The first-order valence-corrected chi connectivity index (χ1v) is 10.7. The molecule has 1 atom stereocenters. The third-order valence-corrected chi connectivity index (χ3v) is 6.38. The highest BCUT2D eigenvalue weighted by Crippen LogP contribution is 2.38. The molecule has 2 aliphatic rings. The number of amides is 1. The van der Waals surface area contributed by atoms with Crippen LogP contribution in [0.5, 0.6) is 0 Å². The van der Waals surface area contributed by atoms with Gasteiger partial charge < -0.3 is 14.1 Å². The van der Waals surface area contributed by atoms with Crippen LogP contribution < -0.4 is 0 Å². The fraction of sp³-hybridized carbons (Fsp3) is 0.360. The van der Waals surface area contributed by atoms with Gasteiger partial charge in [0.2, 0.25) is 0 Å². The Morgan fingerprint density at radius 1 is 1.19 bits per heavy atom. The summed E-state index contributed by atoms with van der Waals surface area (Å²) in [4.78, 5) is 21.5. The molecule has 0 bridgehead atoms. The Hall–Kier alpha value is -2.96. The van der Waals surface area contributed by atoms with Crippen LogP contribution >= 0.6 is 0 Å². The van der Waals surface area contributed by atoms with Gasteiger partial charge in [-0.1, -0.05) is 54.1 Å². The van der Waals surface area contributed by atoms with E-state index in [1.165, 1.54) is 12.0 Å². The fourth-order valence-corrected chi connectivity index (χ4v) is 4.66. The lowest BCUT2D eigenvalue weighted by molar-refractivity contribution is -0.0951. The van der Waals surface area contributed by atoms with Crippen molar-refractivity contribution < 1.29 is 13.9 Å². The molecule has 3 heterocycles. The van der Waals surface area contributed by atoms with Crippen LogP contribution in [-0.4, -0.2) is 59.1 Å². The van der Waals surface area contributed by atoms with E-state index in [2.05, 4.69) is 41.2 Å². The molecular formula is C25H27N3O3. The van der Waals surface area contributed by atoms with Gasteiger partial charge in [-0.3, -0.25) is 9.69 Å². The average molecular weight is 418 g/mol. The van der Waals surface area contributed by atoms with Crippen LogP contribution in [0.2, 0.25) is 0 Å². The Kier molecular flexibility index (Phi) is 5.12. The molecule has 1 aromatic heterocycles. The second kappa shape index (κ2) is 7.94. The van der Waals surface area contributed by atoms with Crippen molar-refractivity contribution in [2.75, 3.05) is 26.7 Å². The monoisotopic (exact) mass is 417 g/mol.